The third kappa shape index (κ3) is 6.59. The van der Waals surface area contributed by atoms with Crippen LogP contribution in [0.2, 0.25) is 5.02 Å². The number of hydrogen-bond acceptors (Lipinski definition) is 3. The molecule has 0 aliphatic rings. The molecule has 2 amide bonds. The molecule has 6 heteroatoms. The number of nitrogens with one attached hydrogen (secondary N) is 2. The SMILES string of the molecule is CC(C)(C)c1ccc(C(=O)Nc2cccc(NC(=O)COc3ccc(Cl)cc3)c2)cc1. The fourth-order valence-electron chi connectivity index (χ4n) is 2.88. The Hall–Kier alpha value is -3.31. The number of ether oxygens (including phenoxy) is 1. The van der Waals surface area contributed by atoms with E-state index in [1.54, 1.807) is 48.5 Å². The van der Waals surface area contributed by atoms with E-state index in [2.05, 4.69) is 31.4 Å². The van der Waals surface area contributed by atoms with Crippen LogP contribution in [0.15, 0.2) is 72.8 Å². The molecule has 0 radical (unpaired) electrons. The predicted octanol–water partition coefficient (Wildman–Crippen LogP) is 5.91. The van der Waals surface area contributed by atoms with Gasteiger partial charge in [-0.1, -0.05) is 50.6 Å². The zero-order valence-corrected chi connectivity index (χ0v) is 18.5. The minimum Gasteiger partial charge on any atom is -0.484 e. The van der Waals surface area contributed by atoms with E-state index >= 15 is 0 Å². The summed E-state index contributed by atoms with van der Waals surface area (Å²) in [4.78, 5) is 24.7. The number of anilines is 2. The number of amides is 2. The fraction of sp³-hybridized carbons (Fsp3) is 0.200. The lowest BCUT2D eigenvalue weighted by Crippen LogP contribution is -2.20. The summed E-state index contributed by atoms with van der Waals surface area (Å²) in [6.45, 7) is 6.24. The first-order chi connectivity index (χ1) is 14.7. The van der Waals surface area contributed by atoms with Crippen LogP contribution in [0.3, 0.4) is 0 Å². The van der Waals surface area contributed by atoms with Crippen molar-refractivity contribution in [1.29, 1.82) is 0 Å². The molecule has 0 unspecified atom stereocenters. The third-order valence-electron chi connectivity index (χ3n) is 4.60. The van der Waals surface area contributed by atoms with Crippen LogP contribution < -0.4 is 15.4 Å². The van der Waals surface area contributed by atoms with Gasteiger partial charge in [-0.15, -0.1) is 0 Å². The van der Waals surface area contributed by atoms with Gasteiger partial charge >= 0.3 is 0 Å². The second-order valence-corrected chi connectivity index (χ2v) is 8.59. The van der Waals surface area contributed by atoms with Crippen LogP contribution in [-0.4, -0.2) is 18.4 Å². The average Bonchev–Trinajstić information content (AvgIpc) is 2.73. The lowest BCUT2D eigenvalue weighted by molar-refractivity contribution is -0.118. The van der Waals surface area contributed by atoms with Gasteiger partial charge in [-0.2, -0.15) is 0 Å². The van der Waals surface area contributed by atoms with Crippen molar-refractivity contribution in [2.75, 3.05) is 17.2 Å². The second kappa shape index (κ2) is 9.67. The average molecular weight is 437 g/mol. The van der Waals surface area contributed by atoms with Crippen molar-refractivity contribution < 1.29 is 14.3 Å². The Morgan fingerprint density at radius 1 is 0.871 bits per heavy atom. The predicted molar refractivity (Wildman–Crippen MR) is 125 cm³/mol. The number of carbonyl (C=O) groups is 2. The van der Waals surface area contributed by atoms with Gasteiger partial charge in [0.25, 0.3) is 11.8 Å². The van der Waals surface area contributed by atoms with E-state index in [0.29, 0.717) is 27.7 Å². The molecule has 0 aliphatic heterocycles. The molecular formula is C25H25ClN2O3. The molecule has 5 nitrogen and oxygen atoms in total. The standard InChI is InChI=1S/C25H25ClN2O3/c1-25(2,3)18-9-7-17(8-10-18)24(30)28-21-6-4-5-20(15-21)27-23(29)16-31-22-13-11-19(26)12-14-22/h4-15H,16H2,1-3H3,(H,27,29)(H,28,30). The van der Waals surface area contributed by atoms with Gasteiger partial charge in [0.2, 0.25) is 0 Å². The molecule has 0 spiro atoms. The molecule has 3 aromatic rings. The first-order valence-electron chi connectivity index (χ1n) is 9.91. The van der Waals surface area contributed by atoms with Gasteiger partial charge in [0, 0.05) is 22.0 Å². The molecule has 0 aromatic heterocycles. The zero-order chi connectivity index (χ0) is 22.4. The van der Waals surface area contributed by atoms with Crippen LogP contribution in [0, 0.1) is 0 Å². The molecule has 31 heavy (non-hydrogen) atoms. The summed E-state index contributed by atoms with van der Waals surface area (Å²) in [6, 6.07) is 21.3. The number of carbonyl (C=O) groups excluding carboxylic acids is 2. The summed E-state index contributed by atoms with van der Waals surface area (Å²) in [5, 5.41) is 6.22. The van der Waals surface area contributed by atoms with Crippen molar-refractivity contribution >= 4 is 34.8 Å². The van der Waals surface area contributed by atoms with Crippen LogP contribution >= 0.6 is 11.6 Å². The highest BCUT2D eigenvalue weighted by Gasteiger charge is 2.14. The van der Waals surface area contributed by atoms with E-state index in [1.807, 2.05) is 24.3 Å². The number of benzene rings is 3. The monoisotopic (exact) mass is 436 g/mol. The third-order valence-corrected chi connectivity index (χ3v) is 4.85. The number of halogens is 1. The Kier molecular flexibility index (Phi) is 6.98. The summed E-state index contributed by atoms with van der Waals surface area (Å²) in [5.74, 6) is 0.0317. The van der Waals surface area contributed by atoms with Gasteiger partial charge in [0.05, 0.1) is 0 Å². The lowest BCUT2D eigenvalue weighted by Gasteiger charge is -2.19. The number of rotatable bonds is 6. The van der Waals surface area contributed by atoms with E-state index in [4.69, 9.17) is 16.3 Å². The molecular weight excluding hydrogens is 412 g/mol. The normalized spacial score (nSPS) is 11.0. The van der Waals surface area contributed by atoms with Gasteiger partial charge < -0.3 is 15.4 Å². The molecule has 0 saturated carbocycles. The van der Waals surface area contributed by atoms with E-state index in [9.17, 15) is 9.59 Å². The maximum Gasteiger partial charge on any atom is 0.262 e. The first-order valence-corrected chi connectivity index (χ1v) is 10.3. The Morgan fingerprint density at radius 3 is 2.10 bits per heavy atom. The molecule has 0 aliphatic carbocycles. The first kappa shape index (κ1) is 22.4. The quantitative estimate of drug-likeness (QED) is 0.505. The molecule has 160 valence electrons. The Balaban J connectivity index is 1.57. The summed E-state index contributed by atoms with van der Waals surface area (Å²) in [7, 11) is 0. The van der Waals surface area contributed by atoms with Crippen molar-refractivity contribution in [3.63, 3.8) is 0 Å². The van der Waals surface area contributed by atoms with Crippen molar-refractivity contribution in [2.24, 2.45) is 0 Å². The molecule has 0 heterocycles. The Morgan fingerprint density at radius 2 is 1.48 bits per heavy atom. The smallest absolute Gasteiger partial charge is 0.262 e. The highest BCUT2D eigenvalue weighted by molar-refractivity contribution is 6.30. The molecule has 2 N–H and O–H groups in total. The highest BCUT2D eigenvalue weighted by atomic mass is 35.5. The van der Waals surface area contributed by atoms with E-state index in [1.165, 1.54) is 0 Å². The van der Waals surface area contributed by atoms with Crippen molar-refractivity contribution in [3.8, 4) is 5.75 Å². The number of hydrogen-bond donors (Lipinski definition) is 2. The van der Waals surface area contributed by atoms with Crippen LogP contribution in [-0.2, 0) is 10.2 Å². The summed E-state index contributed by atoms with van der Waals surface area (Å²) >= 11 is 5.83. The molecule has 0 bridgehead atoms. The van der Waals surface area contributed by atoms with Gasteiger partial charge in [-0.25, -0.2) is 0 Å². The van der Waals surface area contributed by atoms with Gasteiger partial charge in [-0.3, -0.25) is 9.59 Å². The van der Waals surface area contributed by atoms with Crippen molar-refractivity contribution in [2.45, 2.75) is 26.2 Å². The van der Waals surface area contributed by atoms with Crippen molar-refractivity contribution in [1.82, 2.24) is 0 Å². The van der Waals surface area contributed by atoms with Crippen LogP contribution in [0.1, 0.15) is 36.7 Å². The van der Waals surface area contributed by atoms with Crippen molar-refractivity contribution in [3.05, 3.63) is 88.9 Å². The Labute approximate surface area is 187 Å². The highest BCUT2D eigenvalue weighted by Crippen LogP contribution is 2.23. The van der Waals surface area contributed by atoms with Gasteiger partial charge in [0.15, 0.2) is 6.61 Å². The van der Waals surface area contributed by atoms with E-state index in [-0.39, 0.29) is 23.8 Å². The van der Waals surface area contributed by atoms with Gasteiger partial charge in [-0.05, 0) is 65.6 Å². The molecule has 0 saturated heterocycles. The van der Waals surface area contributed by atoms with E-state index < -0.39 is 0 Å². The van der Waals surface area contributed by atoms with Crippen LogP contribution in [0.4, 0.5) is 11.4 Å². The maximum absolute atomic E-state index is 12.6. The minimum absolute atomic E-state index is 0.0266. The van der Waals surface area contributed by atoms with E-state index in [0.717, 1.165) is 5.56 Å². The van der Waals surface area contributed by atoms with Crippen LogP contribution in [0.25, 0.3) is 0 Å². The largest absolute Gasteiger partial charge is 0.484 e. The summed E-state index contributed by atoms with van der Waals surface area (Å²) < 4.78 is 5.44. The van der Waals surface area contributed by atoms with Gasteiger partial charge in [0.1, 0.15) is 5.75 Å². The fourth-order valence-corrected chi connectivity index (χ4v) is 3.00. The summed E-state index contributed by atoms with van der Waals surface area (Å²) in [6.07, 6.45) is 0. The topological polar surface area (TPSA) is 67.4 Å². The second-order valence-electron chi connectivity index (χ2n) is 8.15. The Bertz CT molecular complexity index is 1060. The molecule has 0 fully saturated rings. The molecule has 0 atom stereocenters. The zero-order valence-electron chi connectivity index (χ0n) is 17.7. The minimum atomic E-state index is -0.309. The maximum atomic E-state index is 12.6. The van der Waals surface area contributed by atoms with Crippen LogP contribution in [0.5, 0.6) is 5.75 Å². The molecule has 3 aromatic carbocycles. The summed E-state index contributed by atoms with van der Waals surface area (Å²) in [5.41, 5.74) is 2.90. The lowest BCUT2D eigenvalue weighted by atomic mass is 9.87. The molecule has 3 rings (SSSR count).